The van der Waals surface area contributed by atoms with Crippen LogP contribution in [0.2, 0.25) is 0 Å². The zero-order chi connectivity index (χ0) is 27.8. The van der Waals surface area contributed by atoms with Crippen molar-refractivity contribution < 1.29 is 9.13 Å². The number of thiophene rings is 1. The highest BCUT2D eigenvalue weighted by atomic mass is 32.1. The van der Waals surface area contributed by atoms with Crippen molar-refractivity contribution in [2.75, 3.05) is 7.11 Å². The van der Waals surface area contributed by atoms with Crippen molar-refractivity contribution in [1.82, 2.24) is 18.9 Å². The molecule has 0 aliphatic heterocycles. The number of fused-ring (bicyclic) bond motifs is 1. The molecule has 12 heteroatoms. The van der Waals surface area contributed by atoms with Gasteiger partial charge in [-0.1, -0.05) is 13.8 Å². The number of aryl methyl sites for hydroxylation is 2. The maximum atomic E-state index is 14.1. The molecule has 0 unspecified atom stereocenters. The molecule has 3 heterocycles. The second-order valence-electron chi connectivity index (χ2n) is 7.51. The van der Waals surface area contributed by atoms with Gasteiger partial charge in [0.15, 0.2) is 11.6 Å². The van der Waals surface area contributed by atoms with E-state index in [2.05, 4.69) is 10.1 Å². The molecule has 1 aromatic carbocycles. The molecule has 194 valence electrons. The maximum Gasteiger partial charge on any atom is 0.335 e. The Bertz CT molecular complexity index is 1730. The predicted molar refractivity (Wildman–Crippen MR) is 145 cm³/mol. The average Bonchev–Trinajstić information content (AvgIpc) is 3.55. The number of nitrogens with zero attached hydrogens (tertiary/aromatic N) is 7. The quantitative estimate of drug-likeness (QED) is 0.328. The second kappa shape index (κ2) is 12.4. The second-order valence-corrected chi connectivity index (χ2v) is 8.56. The van der Waals surface area contributed by atoms with Crippen LogP contribution in [0.3, 0.4) is 0 Å². The van der Waals surface area contributed by atoms with E-state index in [0.29, 0.717) is 16.0 Å². The van der Waals surface area contributed by atoms with E-state index in [9.17, 15) is 19.2 Å². The van der Waals surface area contributed by atoms with Gasteiger partial charge in [-0.15, -0.1) is 11.3 Å². The van der Waals surface area contributed by atoms with E-state index in [1.165, 1.54) is 36.4 Å². The number of methoxy groups -OCH3 is 1. The SMILES string of the molecule is CC.COc1cc(-c2cc3c(s2)c(=O)n(/C=C/N=Cc2cnn(C)c2)c(=O)n3CCC#N)c(C#N)cc1F. The predicted octanol–water partition coefficient (Wildman–Crippen LogP) is 4.13. The van der Waals surface area contributed by atoms with Crippen molar-refractivity contribution >= 4 is 34.0 Å². The Kier molecular flexibility index (Phi) is 9.09. The van der Waals surface area contributed by atoms with E-state index >= 15 is 0 Å². The van der Waals surface area contributed by atoms with E-state index in [4.69, 9.17) is 10.00 Å². The molecule has 10 nitrogen and oxygen atoms in total. The van der Waals surface area contributed by atoms with E-state index in [1.54, 1.807) is 30.2 Å². The Morgan fingerprint density at radius 3 is 2.63 bits per heavy atom. The lowest BCUT2D eigenvalue weighted by atomic mass is 10.1. The Hall–Kier alpha value is -4.81. The molecule has 0 spiro atoms. The van der Waals surface area contributed by atoms with Crippen LogP contribution in [0.5, 0.6) is 5.75 Å². The highest BCUT2D eigenvalue weighted by Gasteiger charge is 2.19. The van der Waals surface area contributed by atoms with Crippen molar-refractivity contribution in [3.8, 4) is 28.3 Å². The molecule has 0 bridgehead atoms. The van der Waals surface area contributed by atoms with Crippen molar-refractivity contribution in [3.63, 3.8) is 0 Å². The van der Waals surface area contributed by atoms with E-state index in [-0.39, 0.29) is 29.0 Å². The molecule has 0 saturated carbocycles. The molecule has 0 amide bonds. The fourth-order valence-corrected chi connectivity index (χ4v) is 4.68. The smallest absolute Gasteiger partial charge is 0.335 e. The number of hydrogen-bond donors (Lipinski definition) is 0. The fraction of sp³-hybridized carbons (Fsp3) is 0.231. The number of aliphatic imine (C=N–C) groups is 1. The summed E-state index contributed by atoms with van der Waals surface area (Å²) in [6.07, 6.45) is 7.48. The van der Waals surface area contributed by atoms with Crippen LogP contribution in [0.15, 0.2) is 51.4 Å². The fourth-order valence-electron chi connectivity index (χ4n) is 3.55. The highest BCUT2D eigenvalue weighted by Crippen LogP contribution is 2.36. The largest absolute Gasteiger partial charge is 0.494 e. The molecular formula is C26H24FN7O3S. The summed E-state index contributed by atoms with van der Waals surface area (Å²) < 4.78 is 23.3. The van der Waals surface area contributed by atoms with Crippen LogP contribution in [0, 0.1) is 28.5 Å². The molecule has 0 atom stereocenters. The zero-order valence-electron chi connectivity index (χ0n) is 21.2. The molecular weight excluding hydrogens is 509 g/mol. The van der Waals surface area contributed by atoms with E-state index in [1.807, 2.05) is 26.0 Å². The first kappa shape index (κ1) is 27.8. The average molecular weight is 534 g/mol. The third kappa shape index (κ3) is 5.61. The number of aromatic nitrogens is 4. The van der Waals surface area contributed by atoms with E-state index < -0.39 is 17.1 Å². The van der Waals surface area contributed by atoms with Crippen LogP contribution in [0.1, 0.15) is 31.4 Å². The van der Waals surface area contributed by atoms with Gasteiger partial charge in [0.05, 0.1) is 42.9 Å². The lowest BCUT2D eigenvalue weighted by molar-refractivity contribution is 0.386. The molecule has 4 rings (SSSR count). The Balaban J connectivity index is 0.00000195. The van der Waals surface area contributed by atoms with Gasteiger partial charge in [0.2, 0.25) is 0 Å². The number of ether oxygens (including phenoxy) is 1. The van der Waals surface area contributed by atoms with Gasteiger partial charge in [0, 0.05) is 54.4 Å². The number of hydrogen-bond acceptors (Lipinski definition) is 8. The lowest BCUT2D eigenvalue weighted by Gasteiger charge is -2.07. The molecule has 0 aliphatic carbocycles. The van der Waals surface area contributed by atoms with Crippen LogP contribution < -0.4 is 16.0 Å². The third-order valence-electron chi connectivity index (χ3n) is 5.23. The molecule has 0 saturated heterocycles. The van der Waals surface area contributed by atoms with Crippen LogP contribution in [-0.2, 0) is 13.6 Å². The minimum atomic E-state index is -0.691. The number of nitriles is 2. The van der Waals surface area contributed by atoms with Gasteiger partial charge in [0.25, 0.3) is 5.56 Å². The Morgan fingerprint density at radius 1 is 1.24 bits per heavy atom. The van der Waals surface area contributed by atoms with Gasteiger partial charge < -0.3 is 4.74 Å². The molecule has 3 aromatic heterocycles. The van der Waals surface area contributed by atoms with E-state index in [0.717, 1.165) is 27.5 Å². The van der Waals surface area contributed by atoms with Gasteiger partial charge in [-0.3, -0.25) is 19.0 Å². The third-order valence-corrected chi connectivity index (χ3v) is 6.37. The zero-order valence-corrected chi connectivity index (χ0v) is 22.0. The summed E-state index contributed by atoms with van der Waals surface area (Å²) in [7, 11) is 3.07. The van der Waals surface area contributed by atoms with Crippen molar-refractivity contribution in [1.29, 1.82) is 10.5 Å². The summed E-state index contributed by atoms with van der Waals surface area (Å²) in [6, 6.07) is 7.97. The summed E-state index contributed by atoms with van der Waals surface area (Å²) >= 11 is 1.05. The molecule has 0 radical (unpaired) electrons. The molecule has 38 heavy (non-hydrogen) atoms. The van der Waals surface area contributed by atoms with Crippen LogP contribution in [-0.4, -0.2) is 32.2 Å². The van der Waals surface area contributed by atoms with Gasteiger partial charge >= 0.3 is 5.69 Å². The van der Waals surface area contributed by atoms with Gasteiger partial charge in [-0.05, 0) is 18.2 Å². The van der Waals surface area contributed by atoms with Gasteiger partial charge in [-0.25, -0.2) is 13.8 Å². The Morgan fingerprint density at radius 2 is 2.00 bits per heavy atom. The highest BCUT2D eigenvalue weighted by molar-refractivity contribution is 7.22. The number of benzene rings is 1. The van der Waals surface area contributed by atoms with Crippen molar-refractivity contribution in [2.45, 2.75) is 26.8 Å². The normalized spacial score (nSPS) is 10.9. The van der Waals surface area contributed by atoms with Crippen LogP contribution in [0.4, 0.5) is 4.39 Å². The Labute approximate surface area is 221 Å². The lowest BCUT2D eigenvalue weighted by Crippen LogP contribution is -2.36. The summed E-state index contributed by atoms with van der Waals surface area (Å²) in [5, 5.41) is 22.6. The van der Waals surface area contributed by atoms with Crippen LogP contribution >= 0.6 is 11.3 Å². The van der Waals surface area contributed by atoms with Crippen molar-refractivity contribution in [2.24, 2.45) is 12.0 Å². The molecule has 0 aliphatic rings. The minimum absolute atomic E-state index is 0.0368. The summed E-state index contributed by atoms with van der Waals surface area (Å²) in [6.45, 7) is 4.05. The minimum Gasteiger partial charge on any atom is -0.494 e. The first-order chi connectivity index (χ1) is 18.4. The molecule has 0 N–H and O–H groups in total. The molecule has 0 fully saturated rings. The summed E-state index contributed by atoms with van der Waals surface area (Å²) in [4.78, 5) is 31.0. The topological polar surface area (TPSA) is 131 Å². The first-order valence-corrected chi connectivity index (χ1v) is 12.3. The number of rotatable bonds is 7. The van der Waals surface area contributed by atoms with Gasteiger partial charge in [-0.2, -0.15) is 15.6 Å². The number of halogens is 1. The summed E-state index contributed by atoms with van der Waals surface area (Å²) in [5.74, 6) is -0.751. The monoisotopic (exact) mass is 533 g/mol. The standard InChI is InChI=1S/C24H18FN7O3S.C2H6/c1-30-14-15(13-29-30)12-28-5-7-32-23(33)22-19(31(24(32)34)6-3-4-26)10-21(36-22)17-9-20(35-2)18(25)8-16(17)11-27;1-2/h5,7-10,12-14H,3,6H2,1-2H3;1-2H3/b7-5+,28-12?;. The first-order valence-electron chi connectivity index (χ1n) is 11.5. The van der Waals surface area contributed by atoms with Crippen LogP contribution in [0.25, 0.3) is 26.9 Å². The molecule has 4 aromatic rings. The van der Waals surface area contributed by atoms with Crippen molar-refractivity contribution in [3.05, 3.63) is 74.6 Å². The van der Waals surface area contributed by atoms with Gasteiger partial charge in [0.1, 0.15) is 4.70 Å². The summed E-state index contributed by atoms with van der Waals surface area (Å²) in [5.41, 5.74) is 0.241. The maximum absolute atomic E-state index is 14.1.